The van der Waals surface area contributed by atoms with E-state index in [1.165, 1.54) is 17.8 Å². The molecular formula is C14H11N3O4S. The van der Waals surface area contributed by atoms with E-state index in [0.717, 1.165) is 27.8 Å². The van der Waals surface area contributed by atoms with Gasteiger partial charge in [0.15, 0.2) is 0 Å². The van der Waals surface area contributed by atoms with Gasteiger partial charge in [0.2, 0.25) is 0 Å². The first-order chi connectivity index (χ1) is 10.4. The second-order valence-electron chi connectivity index (χ2n) is 5.03. The van der Waals surface area contributed by atoms with Gasteiger partial charge < -0.3 is 5.32 Å². The summed E-state index contributed by atoms with van der Waals surface area (Å²) in [7, 11) is 0. The maximum Gasteiger partial charge on any atom is 0.300 e. The lowest BCUT2D eigenvalue weighted by Crippen LogP contribution is -2.06. The van der Waals surface area contributed by atoms with E-state index in [9.17, 15) is 20.2 Å². The molecule has 1 aliphatic rings. The number of fused-ring (bicyclic) bond motifs is 2. The van der Waals surface area contributed by atoms with Crippen molar-refractivity contribution in [2.24, 2.45) is 0 Å². The number of hydrogen-bond donors (Lipinski definition) is 1. The van der Waals surface area contributed by atoms with Crippen molar-refractivity contribution in [2.45, 2.75) is 23.6 Å². The fraction of sp³-hybridized carbons (Fsp3) is 0.143. The summed E-state index contributed by atoms with van der Waals surface area (Å²) < 4.78 is 0. The van der Waals surface area contributed by atoms with Crippen molar-refractivity contribution in [3.05, 3.63) is 55.6 Å². The molecule has 112 valence electrons. The number of anilines is 2. The van der Waals surface area contributed by atoms with E-state index in [4.69, 9.17) is 0 Å². The number of benzene rings is 2. The third-order valence-electron chi connectivity index (χ3n) is 3.39. The Morgan fingerprint density at radius 2 is 1.64 bits per heavy atom. The summed E-state index contributed by atoms with van der Waals surface area (Å²) in [5.41, 5.74) is 2.57. The lowest BCUT2D eigenvalue weighted by Gasteiger charge is -2.22. The quantitative estimate of drug-likeness (QED) is 0.558. The summed E-state index contributed by atoms with van der Waals surface area (Å²) in [5.74, 6) is 0. The average Bonchev–Trinajstić information content (AvgIpc) is 2.43. The van der Waals surface area contributed by atoms with Crippen molar-refractivity contribution in [2.75, 3.05) is 5.32 Å². The van der Waals surface area contributed by atoms with Crippen LogP contribution in [0.2, 0.25) is 0 Å². The fourth-order valence-electron chi connectivity index (χ4n) is 2.45. The van der Waals surface area contributed by atoms with E-state index >= 15 is 0 Å². The minimum atomic E-state index is -0.620. The molecule has 0 fully saturated rings. The molecule has 3 rings (SSSR count). The Morgan fingerprint density at radius 1 is 0.955 bits per heavy atom. The molecule has 1 N–H and O–H groups in total. The maximum atomic E-state index is 11.2. The van der Waals surface area contributed by atoms with Crippen molar-refractivity contribution >= 4 is 34.5 Å². The third kappa shape index (κ3) is 2.27. The van der Waals surface area contributed by atoms with E-state index in [1.807, 2.05) is 26.0 Å². The summed E-state index contributed by atoms with van der Waals surface area (Å²) >= 11 is 1.30. The van der Waals surface area contributed by atoms with Crippen LogP contribution in [0.4, 0.5) is 22.7 Å². The number of rotatable bonds is 2. The Balaban J connectivity index is 2.21. The van der Waals surface area contributed by atoms with Crippen molar-refractivity contribution in [3.63, 3.8) is 0 Å². The monoisotopic (exact) mass is 317 g/mol. The standard InChI is InChI=1S/C14H11N3O4S/c1-7-3-8(2)13-11(4-7)22-12-6-9(16(18)19)5-10(17(20)21)14(12)15-13/h3-6,15H,1-2H3. The molecule has 7 nitrogen and oxygen atoms in total. The fourth-order valence-corrected chi connectivity index (χ4v) is 3.69. The topological polar surface area (TPSA) is 98.3 Å². The highest BCUT2D eigenvalue weighted by molar-refractivity contribution is 7.99. The molecule has 0 bridgehead atoms. The highest BCUT2D eigenvalue weighted by atomic mass is 32.2. The third-order valence-corrected chi connectivity index (χ3v) is 4.47. The van der Waals surface area contributed by atoms with Gasteiger partial charge >= 0.3 is 5.69 Å². The van der Waals surface area contributed by atoms with Gasteiger partial charge in [-0.2, -0.15) is 0 Å². The molecule has 8 heteroatoms. The minimum absolute atomic E-state index is 0.285. The second-order valence-corrected chi connectivity index (χ2v) is 6.12. The van der Waals surface area contributed by atoms with Gasteiger partial charge in [-0.15, -0.1) is 0 Å². The summed E-state index contributed by atoms with van der Waals surface area (Å²) in [6.07, 6.45) is 0. The summed E-state index contributed by atoms with van der Waals surface area (Å²) in [4.78, 5) is 22.4. The van der Waals surface area contributed by atoms with Crippen LogP contribution < -0.4 is 5.32 Å². The molecule has 0 spiro atoms. The van der Waals surface area contributed by atoms with E-state index in [2.05, 4.69) is 5.32 Å². The van der Waals surface area contributed by atoms with Gasteiger partial charge in [0.1, 0.15) is 5.69 Å². The smallest absolute Gasteiger partial charge is 0.300 e. The van der Waals surface area contributed by atoms with Crippen LogP contribution in [0.25, 0.3) is 0 Å². The average molecular weight is 317 g/mol. The van der Waals surface area contributed by atoms with Crippen LogP contribution in [-0.4, -0.2) is 9.85 Å². The number of nitro groups is 2. The Bertz CT molecular complexity index is 835. The zero-order valence-corrected chi connectivity index (χ0v) is 12.6. The molecule has 0 unspecified atom stereocenters. The summed E-state index contributed by atoms with van der Waals surface area (Å²) in [6.45, 7) is 3.88. The zero-order valence-electron chi connectivity index (χ0n) is 11.7. The number of aryl methyl sites for hydroxylation is 2. The number of nitro benzene ring substituents is 2. The first-order valence-corrected chi connectivity index (χ1v) is 7.21. The van der Waals surface area contributed by atoms with Crippen LogP contribution in [-0.2, 0) is 0 Å². The molecule has 0 radical (unpaired) electrons. The van der Waals surface area contributed by atoms with Crippen LogP contribution in [0.15, 0.2) is 34.1 Å². The highest BCUT2D eigenvalue weighted by Gasteiger charge is 2.29. The van der Waals surface area contributed by atoms with Gasteiger partial charge in [0.25, 0.3) is 5.69 Å². The Morgan fingerprint density at radius 3 is 2.27 bits per heavy atom. The van der Waals surface area contributed by atoms with Gasteiger partial charge in [-0.05, 0) is 31.0 Å². The zero-order chi connectivity index (χ0) is 16.0. The largest absolute Gasteiger partial charge is 0.348 e. The number of nitrogens with one attached hydrogen (secondary N) is 1. The Kier molecular flexibility index (Phi) is 3.25. The number of hydrogen-bond acceptors (Lipinski definition) is 6. The van der Waals surface area contributed by atoms with Gasteiger partial charge in [-0.3, -0.25) is 20.2 Å². The predicted molar refractivity (Wildman–Crippen MR) is 83.1 cm³/mol. The molecule has 1 aliphatic heterocycles. The molecule has 0 aromatic heterocycles. The first-order valence-electron chi connectivity index (χ1n) is 6.40. The number of non-ortho nitro benzene ring substituents is 1. The Hall–Kier alpha value is -2.61. The lowest BCUT2D eigenvalue weighted by atomic mass is 10.1. The minimum Gasteiger partial charge on any atom is -0.348 e. The molecule has 1 heterocycles. The normalized spacial score (nSPS) is 12.1. The van der Waals surface area contributed by atoms with Gasteiger partial charge in [0.05, 0.1) is 21.6 Å². The predicted octanol–water partition coefficient (Wildman–Crippen LogP) is 4.33. The molecular weight excluding hydrogens is 306 g/mol. The molecule has 0 saturated heterocycles. The van der Waals surface area contributed by atoms with Crippen LogP contribution in [0, 0.1) is 34.1 Å². The van der Waals surface area contributed by atoms with Crippen molar-refractivity contribution < 1.29 is 9.85 Å². The molecule has 2 aromatic carbocycles. The molecule has 0 saturated carbocycles. The van der Waals surface area contributed by atoms with Gasteiger partial charge in [-0.1, -0.05) is 17.8 Å². The summed E-state index contributed by atoms with van der Waals surface area (Å²) in [6, 6.07) is 6.28. The van der Waals surface area contributed by atoms with Gasteiger partial charge in [-0.25, -0.2) is 0 Å². The number of nitrogens with zero attached hydrogens (tertiary/aromatic N) is 2. The van der Waals surface area contributed by atoms with Crippen molar-refractivity contribution in [1.82, 2.24) is 0 Å². The van der Waals surface area contributed by atoms with E-state index in [1.54, 1.807) is 0 Å². The first kappa shape index (κ1) is 14.3. The SMILES string of the molecule is Cc1cc(C)c2c(c1)Sc1cc([N+](=O)[O-])cc([N+](=O)[O-])c1N2. The molecule has 22 heavy (non-hydrogen) atoms. The Labute approximate surface area is 129 Å². The van der Waals surface area contributed by atoms with Gasteiger partial charge in [0, 0.05) is 15.9 Å². The van der Waals surface area contributed by atoms with Crippen molar-refractivity contribution in [3.8, 4) is 0 Å². The highest BCUT2D eigenvalue weighted by Crippen LogP contribution is 2.50. The van der Waals surface area contributed by atoms with Crippen LogP contribution in [0.5, 0.6) is 0 Å². The van der Waals surface area contributed by atoms with Crippen LogP contribution in [0.3, 0.4) is 0 Å². The summed E-state index contributed by atoms with van der Waals surface area (Å²) in [5, 5.41) is 25.3. The van der Waals surface area contributed by atoms with E-state index in [-0.39, 0.29) is 11.4 Å². The van der Waals surface area contributed by atoms with Crippen molar-refractivity contribution in [1.29, 1.82) is 0 Å². The molecule has 2 aromatic rings. The molecule has 0 aliphatic carbocycles. The van der Waals surface area contributed by atoms with Crippen LogP contribution >= 0.6 is 11.8 Å². The maximum absolute atomic E-state index is 11.2. The second kappa shape index (κ2) is 4.99. The van der Waals surface area contributed by atoms with E-state index in [0.29, 0.717) is 10.6 Å². The van der Waals surface area contributed by atoms with E-state index < -0.39 is 9.85 Å². The lowest BCUT2D eigenvalue weighted by molar-refractivity contribution is -0.393. The van der Waals surface area contributed by atoms with Crippen LogP contribution in [0.1, 0.15) is 11.1 Å². The molecule has 0 amide bonds. The molecule has 0 atom stereocenters.